The van der Waals surface area contributed by atoms with Gasteiger partial charge in [-0.05, 0) is 36.6 Å². The van der Waals surface area contributed by atoms with Crippen LogP contribution < -0.4 is 4.72 Å². The quantitative estimate of drug-likeness (QED) is 0.789. The fourth-order valence-corrected chi connectivity index (χ4v) is 5.10. The van der Waals surface area contributed by atoms with Gasteiger partial charge in [-0.2, -0.15) is 0 Å². The van der Waals surface area contributed by atoms with Crippen LogP contribution in [0.2, 0.25) is 0 Å². The smallest absolute Gasteiger partial charge is 0.335 e. The maximum absolute atomic E-state index is 12.0. The van der Waals surface area contributed by atoms with E-state index in [0.717, 1.165) is 0 Å². The lowest BCUT2D eigenvalue weighted by atomic mass is 10.1. The third kappa shape index (κ3) is 4.02. The summed E-state index contributed by atoms with van der Waals surface area (Å²) in [7, 11) is -6.81. The summed E-state index contributed by atoms with van der Waals surface area (Å²) >= 11 is 0. The standard InChI is InChI=1S/C12H15NO6S2/c14-12(15)10-1-3-11(4-2-10)21(18,19)13-7-9-5-6-20(16,17)8-9/h1-4,9,13H,5-8H2,(H,14,15)/t9-/m0/s1. The van der Waals surface area contributed by atoms with Gasteiger partial charge < -0.3 is 5.11 Å². The molecule has 0 amide bonds. The van der Waals surface area contributed by atoms with Crippen LogP contribution in [0.5, 0.6) is 0 Å². The number of benzene rings is 1. The average Bonchev–Trinajstić information content (AvgIpc) is 2.76. The Balaban J connectivity index is 2.03. The second-order valence-electron chi connectivity index (χ2n) is 4.95. The van der Waals surface area contributed by atoms with Crippen molar-refractivity contribution in [2.24, 2.45) is 5.92 Å². The summed E-state index contributed by atoms with van der Waals surface area (Å²) in [6.07, 6.45) is 0.447. The minimum Gasteiger partial charge on any atom is -0.478 e. The summed E-state index contributed by atoms with van der Waals surface area (Å²) in [5.41, 5.74) is -0.00386. The van der Waals surface area contributed by atoms with E-state index in [9.17, 15) is 21.6 Å². The molecule has 0 aromatic heterocycles. The zero-order chi connectivity index (χ0) is 15.7. The molecule has 0 radical (unpaired) electrons. The molecule has 0 bridgehead atoms. The van der Waals surface area contributed by atoms with E-state index in [-0.39, 0.29) is 34.4 Å². The van der Waals surface area contributed by atoms with E-state index in [4.69, 9.17) is 5.11 Å². The van der Waals surface area contributed by atoms with Gasteiger partial charge in [-0.15, -0.1) is 0 Å². The zero-order valence-corrected chi connectivity index (χ0v) is 12.7. The van der Waals surface area contributed by atoms with Gasteiger partial charge in [0.05, 0.1) is 22.0 Å². The lowest BCUT2D eigenvalue weighted by Crippen LogP contribution is -2.30. The molecule has 21 heavy (non-hydrogen) atoms. The summed E-state index contributed by atoms with van der Waals surface area (Å²) in [6, 6.07) is 4.82. The first kappa shape index (κ1) is 15.9. The number of sulfone groups is 1. The molecule has 0 saturated carbocycles. The highest BCUT2D eigenvalue weighted by atomic mass is 32.2. The van der Waals surface area contributed by atoms with E-state index in [0.29, 0.717) is 6.42 Å². The van der Waals surface area contributed by atoms with Gasteiger partial charge >= 0.3 is 5.97 Å². The minimum absolute atomic E-state index is 0.00386. The first-order valence-electron chi connectivity index (χ1n) is 6.23. The Morgan fingerprint density at radius 2 is 1.90 bits per heavy atom. The molecule has 7 nitrogen and oxygen atoms in total. The molecule has 1 saturated heterocycles. The molecule has 1 aliphatic heterocycles. The fourth-order valence-electron chi connectivity index (χ4n) is 2.12. The molecule has 0 unspecified atom stereocenters. The topological polar surface area (TPSA) is 118 Å². The number of carboxylic acids is 1. The van der Waals surface area contributed by atoms with Crippen molar-refractivity contribution in [2.45, 2.75) is 11.3 Å². The summed E-state index contributed by atoms with van der Waals surface area (Å²) in [6.45, 7) is 0.0578. The molecule has 0 spiro atoms. The van der Waals surface area contributed by atoms with Crippen LogP contribution in [-0.4, -0.2) is 46.0 Å². The fraction of sp³-hybridized carbons (Fsp3) is 0.417. The van der Waals surface area contributed by atoms with Crippen LogP contribution in [0.15, 0.2) is 29.2 Å². The van der Waals surface area contributed by atoms with Crippen molar-refractivity contribution in [1.29, 1.82) is 0 Å². The molecule has 1 heterocycles. The Kier molecular flexibility index (Phi) is 4.35. The van der Waals surface area contributed by atoms with Crippen molar-refractivity contribution in [2.75, 3.05) is 18.1 Å². The van der Waals surface area contributed by atoms with Gasteiger partial charge in [-0.1, -0.05) is 0 Å². The number of carboxylic acid groups (broad SMARTS) is 1. The van der Waals surface area contributed by atoms with E-state index in [1.165, 1.54) is 24.3 Å². The van der Waals surface area contributed by atoms with E-state index < -0.39 is 25.8 Å². The highest BCUT2D eigenvalue weighted by Crippen LogP contribution is 2.18. The number of rotatable bonds is 5. The Hall–Kier alpha value is -1.45. The number of nitrogens with one attached hydrogen (secondary N) is 1. The molecular weight excluding hydrogens is 318 g/mol. The summed E-state index contributed by atoms with van der Waals surface area (Å²) in [5, 5.41) is 8.75. The Labute approximate surface area is 123 Å². The van der Waals surface area contributed by atoms with E-state index >= 15 is 0 Å². The maximum Gasteiger partial charge on any atom is 0.335 e. The number of hydrogen-bond acceptors (Lipinski definition) is 5. The predicted molar refractivity (Wildman–Crippen MR) is 75.4 cm³/mol. The van der Waals surface area contributed by atoms with Crippen LogP contribution in [0.25, 0.3) is 0 Å². The number of aromatic carboxylic acids is 1. The number of sulfonamides is 1. The van der Waals surface area contributed by atoms with Crippen LogP contribution in [0.3, 0.4) is 0 Å². The molecule has 1 aromatic carbocycles. The van der Waals surface area contributed by atoms with Crippen molar-refractivity contribution >= 4 is 25.8 Å². The highest BCUT2D eigenvalue weighted by Gasteiger charge is 2.29. The Morgan fingerprint density at radius 3 is 2.38 bits per heavy atom. The van der Waals surface area contributed by atoms with Gasteiger partial charge in [0.25, 0.3) is 0 Å². The van der Waals surface area contributed by atoms with Crippen molar-refractivity contribution in [3.63, 3.8) is 0 Å². The van der Waals surface area contributed by atoms with Crippen LogP contribution in [0.4, 0.5) is 0 Å². The van der Waals surface area contributed by atoms with Crippen molar-refractivity contribution in [1.82, 2.24) is 4.72 Å². The molecule has 9 heteroatoms. The monoisotopic (exact) mass is 333 g/mol. The van der Waals surface area contributed by atoms with Crippen LogP contribution in [-0.2, 0) is 19.9 Å². The first-order valence-corrected chi connectivity index (χ1v) is 9.53. The van der Waals surface area contributed by atoms with Crippen LogP contribution >= 0.6 is 0 Å². The summed E-state index contributed by atoms with van der Waals surface area (Å²) in [4.78, 5) is 10.7. The van der Waals surface area contributed by atoms with Gasteiger partial charge in [0.2, 0.25) is 10.0 Å². The van der Waals surface area contributed by atoms with Gasteiger partial charge in [0.1, 0.15) is 0 Å². The van der Waals surface area contributed by atoms with Crippen molar-refractivity contribution in [3.05, 3.63) is 29.8 Å². The summed E-state index contributed by atoms with van der Waals surface area (Å²) < 4.78 is 49.0. The van der Waals surface area contributed by atoms with E-state index in [2.05, 4.69) is 4.72 Å². The molecule has 0 aliphatic carbocycles. The molecule has 1 aromatic rings. The molecule has 2 rings (SSSR count). The third-order valence-corrected chi connectivity index (χ3v) is 6.58. The Morgan fingerprint density at radius 1 is 1.29 bits per heavy atom. The van der Waals surface area contributed by atoms with Crippen molar-refractivity contribution < 1.29 is 26.7 Å². The number of carbonyl (C=O) groups is 1. The Bertz CT molecular complexity index is 736. The maximum atomic E-state index is 12.0. The van der Waals surface area contributed by atoms with Crippen molar-refractivity contribution in [3.8, 4) is 0 Å². The summed E-state index contributed by atoms with van der Waals surface area (Å²) in [5.74, 6) is -1.27. The molecule has 116 valence electrons. The van der Waals surface area contributed by atoms with E-state index in [1.54, 1.807) is 0 Å². The lowest BCUT2D eigenvalue weighted by molar-refractivity contribution is 0.0696. The van der Waals surface area contributed by atoms with Gasteiger partial charge in [0, 0.05) is 6.54 Å². The van der Waals surface area contributed by atoms with Gasteiger partial charge in [-0.3, -0.25) is 0 Å². The molecule has 1 fully saturated rings. The largest absolute Gasteiger partial charge is 0.478 e. The van der Waals surface area contributed by atoms with E-state index in [1.807, 2.05) is 0 Å². The molecular formula is C12H15NO6S2. The zero-order valence-electron chi connectivity index (χ0n) is 11.0. The third-order valence-electron chi connectivity index (χ3n) is 3.30. The first-order chi connectivity index (χ1) is 9.70. The molecule has 2 N–H and O–H groups in total. The molecule has 1 atom stereocenters. The average molecular weight is 333 g/mol. The second kappa shape index (κ2) is 5.74. The van der Waals surface area contributed by atoms with Gasteiger partial charge in [0.15, 0.2) is 9.84 Å². The molecule has 1 aliphatic rings. The normalized spacial score (nSPS) is 21.2. The SMILES string of the molecule is O=C(O)c1ccc(S(=O)(=O)NC[C@@H]2CCS(=O)(=O)C2)cc1. The predicted octanol–water partition coefficient (Wildman–Crippen LogP) is 0.0978. The van der Waals surface area contributed by atoms with Gasteiger partial charge in [-0.25, -0.2) is 26.4 Å². The lowest BCUT2D eigenvalue weighted by Gasteiger charge is -2.10. The van der Waals surface area contributed by atoms with Crippen LogP contribution in [0.1, 0.15) is 16.8 Å². The van der Waals surface area contributed by atoms with Crippen LogP contribution in [0, 0.1) is 5.92 Å². The minimum atomic E-state index is -3.77. The highest BCUT2D eigenvalue weighted by molar-refractivity contribution is 7.91. The number of hydrogen-bond donors (Lipinski definition) is 2. The second-order valence-corrected chi connectivity index (χ2v) is 8.95.